The van der Waals surface area contributed by atoms with Crippen LogP contribution >= 0.6 is 34.5 Å². The van der Waals surface area contributed by atoms with Crippen molar-refractivity contribution in [2.75, 3.05) is 6.54 Å². The number of hydrogen-bond donors (Lipinski definition) is 1. The van der Waals surface area contributed by atoms with Gasteiger partial charge in [0.25, 0.3) is 5.91 Å². The fourth-order valence-electron chi connectivity index (χ4n) is 4.37. The molecule has 0 saturated heterocycles. The van der Waals surface area contributed by atoms with Crippen molar-refractivity contribution in [2.24, 2.45) is 0 Å². The van der Waals surface area contributed by atoms with Gasteiger partial charge in [0.2, 0.25) is 0 Å². The Hall–Kier alpha value is -3.36. The van der Waals surface area contributed by atoms with Gasteiger partial charge >= 0.3 is 0 Å². The summed E-state index contributed by atoms with van der Waals surface area (Å²) in [5, 5.41) is 3.00. The van der Waals surface area contributed by atoms with Crippen molar-refractivity contribution in [1.29, 1.82) is 0 Å². The fraction of sp³-hybridized carbons (Fsp3) is 0.0968. The number of nitrogens with one attached hydrogen (secondary N) is 1. The van der Waals surface area contributed by atoms with Crippen LogP contribution in [0.2, 0.25) is 0 Å². The summed E-state index contributed by atoms with van der Waals surface area (Å²) in [5.41, 5.74) is 5.17. The van der Waals surface area contributed by atoms with Gasteiger partial charge in [-0.05, 0) is 75.5 Å². The number of carbonyl (C=O) groups is 1. The first-order chi connectivity index (χ1) is 18.1. The van der Waals surface area contributed by atoms with Crippen LogP contribution in [0.1, 0.15) is 32.7 Å². The summed E-state index contributed by atoms with van der Waals surface area (Å²) >= 11 is 3.95. The van der Waals surface area contributed by atoms with Crippen molar-refractivity contribution in [3.05, 3.63) is 159 Å². The van der Waals surface area contributed by atoms with Crippen LogP contribution in [0.4, 0.5) is 0 Å². The maximum atomic E-state index is 12.5. The summed E-state index contributed by atoms with van der Waals surface area (Å²) in [4.78, 5) is 17.1. The highest BCUT2D eigenvalue weighted by atomic mass is 127. The lowest BCUT2D eigenvalue weighted by Crippen LogP contribution is -2.27. The van der Waals surface area contributed by atoms with Gasteiger partial charge in [-0.25, -0.2) is 4.98 Å². The third-order valence-corrected chi connectivity index (χ3v) is 8.28. The first-order valence-corrected chi connectivity index (χ1v) is 13.9. The zero-order valence-corrected chi connectivity index (χ0v) is 23.1. The predicted molar refractivity (Wildman–Crippen MR) is 160 cm³/mol. The molecule has 0 saturated carbocycles. The molecule has 0 aliphatic rings. The standard InChI is InChI=1S/C31H26IN3OS/c32-28-18-16-24(17-19-28)30(36)33-21-20-29-22-35(23-34-29)37-31(25-10-4-1-5-11-25,26-12-6-2-7-13-26)27-14-8-3-9-15-27/h1-19,22-23H,20-21H2,(H,33,36). The topological polar surface area (TPSA) is 46.9 Å². The van der Waals surface area contributed by atoms with Gasteiger partial charge in [0.05, 0.1) is 5.69 Å². The maximum absolute atomic E-state index is 12.5. The van der Waals surface area contributed by atoms with Crippen molar-refractivity contribution in [2.45, 2.75) is 11.2 Å². The van der Waals surface area contributed by atoms with Crippen LogP contribution in [0.25, 0.3) is 0 Å². The highest BCUT2D eigenvalue weighted by molar-refractivity contribution is 14.1. The lowest BCUT2D eigenvalue weighted by Gasteiger charge is -2.35. The molecule has 1 amide bonds. The molecule has 37 heavy (non-hydrogen) atoms. The minimum absolute atomic E-state index is 0.0681. The number of nitrogens with zero attached hydrogens (tertiary/aromatic N) is 2. The van der Waals surface area contributed by atoms with Gasteiger partial charge in [-0.15, -0.1) is 0 Å². The van der Waals surface area contributed by atoms with Crippen LogP contribution < -0.4 is 5.32 Å². The smallest absolute Gasteiger partial charge is 0.251 e. The van der Waals surface area contributed by atoms with Crippen molar-refractivity contribution in [1.82, 2.24) is 14.3 Å². The van der Waals surface area contributed by atoms with Gasteiger partial charge in [0.15, 0.2) is 0 Å². The molecule has 0 unspecified atom stereocenters. The van der Waals surface area contributed by atoms with E-state index in [0.29, 0.717) is 18.5 Å². The molecular formula is C31H26IN3OS. The maximum Gasteiger partial charge on any atom is 0.251 e. The zero-order chi connectivity index (χ0) is 25.5. The lowest BCUT2D eigenvalue weighted by molar-refractivity contribution is 0.0954. The molecule has 4 nitrogen and oxygen atoms in total. The summed E-state index contributed by atoms with van der Waals surface area (Å²) in [6.45, 7) is 0.522. The number of amides is 1. The highest BCUT2D eigenvalue weighted by Gasteiger charge is 2.38. The molecule has 0 spiro atoms. The van der Waals surface area contributed by atoms with Gasteiger partial charge in [-0.1, -0.05) is 91.0 Å². The van der Waals surface area contributed by atoms with Crippen molar-refractivity contribution in [3.8, 4) is 0 Å². The van der Waals surface area contributed by atoms with Gasteiger partial charge in [0.1, 0.15) is 11.1 Å². The van der Waals surface area contributed by atoms with Crippen LogP contribution in [0.3, 0.4) is 0 Å². The van der Waals surface area contributed by atoms with Gasteiger partial charge < -0.3 is 5.32 Å². The van der Waals surface area contributed by atoms with E-state index in [2.05, 4.69) is 134 Å². The predicted octanol–water partition coefficient (Wildman–Crippen LogP) is 6.95. The van der Waals surface area contributed by atoms with Gasteiger partial charge in [0, 0.05) is 28.3 Å². The number of carbonyl (C=O) groups excluding carboxylic acids is 1. The van der Waals surface area contributed by atoms with E-state index < -0.39 is 4.75 Å². The average Bonchev–Trinajstić information content (AvgIpc) is 3.40. The number of hydrogen-bond acceptors (Lipinski definition) is 3. The van der Waals surface area contributed by atoms with Crippen LogP contribution in [-0.4, -0.2) is 21.4 Å². The van der Waals surface area contributed by atoms with Crippen molar-refractivity contribution in [3.63, 3.8) is 0 Å². The largest absolute Gasteiger partial charge is 0.352 e. The Kier molecular flexibility index (Phi) is 8.06. The van der Waals surface area contributed by atoms with Crippen LogP contribution in [-0.2, 0) is 11.2 Å². The number of imidazole rings is 1. The quantitative estimate of drug-likeness (QED) is 0.144. The molecule has 5 aromatic rings. The van der Waals surface area contributed by atoms with E-state index >= 15 is 0 Å². The second-order valence-electron chi connectivity index (χ2n) is 8.61. The second-order valence-corrected chi connectivity index (χ2v) is 11.1. The minimum atomic E-state index is -0.471. The van der Waals surface area contributed by atoms with E-state index in [4.69, 9.17) is 0 Å². The Morgan fingerprint density at radius 1 is 0.784 bits per heavy atom. The van der Waals surface area contributed by atoms with E-state index in [0.717, 1.165) is 9.26 Å². The van der Waals surface area contributed by atoms with Crippen molar-refractivity contribution >= 4 is 40.4 Å². The van der Waals surface area contributed by atoms with E-state index in [1.54, 1.807) is 11.9 Å². The molecule has 0 bridgehead atoms. The molecule has 1 aromatic heterocycles. The summed E-state index contributed by atoms with van der Waals surface area (Å²) in [7, 11) is 0. The Morgan fingerprint density at radius 2 is 1.30 bits per heavy atom. The molecule has 0 aliphatic heterocycles. The van der Waals surface area contributed by atoms with Crippen molar-refractivity contribution < 1.29 is 4.79 Å². The molecule has 4 aromatic carbocycles. The SMILES string of the molecule is O=C(NCCc1cn(SC(c2ccccc2)(c2ccccc2)c2ccccc2)cn1)c1ccc(I)cc1. The second kappa shape index (κ2) is 11.8. The van der Waals surface area contributed by atoms with Crippen LogP contribution in [0.15, 0.2) is 128 Å². The number of halogens is 1. The molecule has 1 heterocycles. The molecule has 0 fully saturated rings. The summed E-state index contributed by atoms with van der Waals surface area (Å²) in [5.74, 6) is -0.0681. The summed E-state index contributed by atoms with van der Waals surface area (Å²) in [6.07, 6.45) is 4.58. The normalized spacial score (nSPS) is 11.3. The van der Waals surface area contributed by atoms with Crippen LogP contribution in [0.5, 0.6) is 0 Å². The average molecular weight is 616 g/mol. The molecule has 184 valence electrons. The first-order valence-electron chi connectivity index (χ1n) is 12.1. The first kappa shape index (κ1) is 25.3. The molecular weight excluding hydrogens is 589 g/mol. The Balaban J connectivity index is 1.40. The Bertz CT molecular complexity index is 1340. The van der Waals surface area contributed by atoms with E-state index in [9.17, 15) is 4.79 Å². The van der Waals surface area contributed by atoms with E-state index in [1.807, 2.05) is 30.6 Å². The van der Waals surface area contributed by atoms with E-state index in [1.165, 1.54) is 16.7 Å². The fourth-order valence-corrected chi connectivity index (χ4v) is 6.03. The number of rotatable bonds is 9. The monoisotopic (exact) mass is 615 g/mol. The Morgan fingerprint density at radius 3 is 1.81 bits per heavy atom. The third-order valence-electron chi connectivity index (χ3n) is 6.17. The molecule has 5 rings (SSSR count). The molecule has 0 radical (unpaired) electrons. The van der Waals surface area contributed by atoms with Gasteiger partial charge in [-0.3, -0.25) is 8.77 Å². The zero-order valence-electron chi connectivity index (χ0n) is 20.1. The molecule has 0 aliphatic carbocycles. The molecule has 6 heteroatoms. The number of aromatic nitrogens is 2. The summed E-state index contributed by atoms with van der Waals surface area (Å²) < 4.78 is 2.72. The third kappa shape index (κ3) is 5.81. The van der Waals surface area contributed by atoms with Crippen LogP contribution in [0, 0.1) is 3.57 Å². The minimum Gasteiger partial charge on any atom is -0.352 e. The molecule has 0 atom stereocenters. The number of benzene rings is 4. The highest BCUT2D eigenvalue weighted by Crippen LogP contribution is 2.48. The van der Waals surface area contributed by atoms with E-state index in [-0.39, 0.29) is 5.91 Å². The van der Waals surface area contributed by atoms with Gasteiger partial charge in [-0.2, -0.15) is 0 Å². The molecule has 1 N–H and O–H groups in total. The lowest BCUT2D eigenvalue weighted by atomic mass is 9.84. The summed E-state index contributed by atoms with van der Waals surface area (Å²) in [6, 6.07) is 39.4. The Labute approximate surface area is 235 Å².